The van der Waals surface area contributed by atoms with Gasteiger partial charge in [-0.1, -0.05) is 24.3 Å². The number of aryl methyl sites for hydroxylation is 2. The number of pyridine rings is 1. The highest BCUT2D eigenvalue weighted by Gasteiger charge is 2.36. The van der Waals surface area contributed by atoms with E-state index in [1.807, 2.05) is 26.0 Å². The van der Waals surface area contributed by atoms with Crippen LogP contribution in [-0.4, -0.2) is 30.1 Å². The lowest BCUT2D eigenvalue weighted by Gasteiger charge is -2.14. The summed E-state index contributed by atoms with van der Waals surface area (Å²) < 4.78 is 28.1. The van der Waals surface area contributed by atoms with Crippen molar-refractivity contribution in [1.29, 1.82) is 0 Å². The van der Waals surface area contributed by atoms with Gasteiger partial charge in [0, 0.05) is 6.20 Å². The molecule has 152 valence electrons. The molecule has 1 aliphatic rings. The van der Waals surface area contributed by atoms with Crippen molar-refractivity contribution in [3.05, 3.63) is 88.7 Å². The van der Waals surface area contributed by atoms with E-state index in [0.717, 1.165) is 16.0 Å². The minimum absolute atomic E-state index is 0.0404. The lowest BCUT2D eigenvalue weighted by atomic mass is 10.1. The first-order chi connectivity index (χ1) is 14.3. The number of nitrogens with one attached hydrogen (secondary N) is 1. The summed E-state index contributed by atoms with van der Waals surface area (Å²) in [4.78, 5) is 30.1. The second kappa shape index (κ2) is 7.38. The number of amides is 2. The lowest BCUT2D eigenvalue weighted by Crippen LogP contribution is -2.29. The van der Waals surface area contributed by atoms with Crippen molar-refractivity contribution in [2.24, 2.45) is 0 Å². The summed E-state index contributed by atoms with van der Waals surface area (Å²) in [5.41, 5.74) is 3.34. The summed E-state index contributed by atoms with van der Waals surface area (Å²) >= 11 is 0. The number of imide groups is 1. The van der Waals surface area contributed by atoms with Crippen LogP contribution in [-0.2, 0) is 16.6 Å². The molecule has 0 spiro atoms. The molecule has 2 aromatic carbocycles. The topological polar surface area (TPSA) is 96.4 Å². The molecule has 2 heterocycles. The number of hydrogen-bond donors (Lipinski definition) is 1. The number of benzene rings is 2. The Bertz CT molecular complexity index is 1230. The first-order valence-corrected chi connectivity index (χ1v) is 10.7. The second-order valence-electron chi connectivity index (χ2n) is 7.16. The zero-order valence-corrected chi connectivity index (χ0v) is 17.2. The first kappa shape index (κ1) is 19.8. The van der Waals surface area contributed by atoms with Gasteiger partial charge in [-0.3, -0.25) is 24.2 Å². The highest BCUT2D eigenvalue weighted by atomic mass is 32.2. The van der Waals surface area contributed by atoms with Gasteiger partial charge in [-0.15, -0.1) is 0 Å². The van der Waals surface area contributed by atoms with Gasteiger partial charge in [0.25, 0.3) is 21.8 Å². The molecule has 3 aromatic rings. The average Bonchev–Trinajstić information content (AvgIpc) is 2.96. The van der Waals surface area contributed by atoms with Gasteiger partial charge >= 0.3 is 0 Å². The molecule has 0 bridgehead atoms. The van der Waals surface area contributed by atoms with Crippen molar-refractivity contribution in [1.82, 2.24) is 9.88 Å². The quantitative estimate of drug-likeness (QED) is 0.638. The number of aromatic nitrogens is 1. The summed E-state index contributed by atoms with van der Waals surface area (Å²) in [7, 11) is -3.77. The Hall–Kier alpha value is -3.52. The van der Waals surface area contributed by atoms with Gasteiger partial charge in [-0.2, -0.15) is 0 Å². The van der Waals surface area contributed by atoms with Crippen molar-refractivity contribution >= 4 is 27.5 Å². The summed E-state index contributed by atoms with van der Waals surface area (Å²) in [5.74, 6) is -0.861. The molecule has 0 unspecified atom stereocenters. The fourth-order valence-electron chi connectivity index (χ4n) is 3.26. The summed E-state index contributed by atoms with van der Waals surface area (Å²) in [6, 6.07) is 14.8. The third-order valence-corrected chi connectivity index (χ3v) is 6.32. The van der Waals surface area contributed by atoms with E-state index in [4.69, 9.17) is 0 Å². The molecule has 1 N–H and O–H groups in total. The van der Waals surface area contributed by atoms with E-state index in [2.05, 4.69) is 9.71 Å². The van der Waals surface area contributed by atoms with Crippen LogP contribution in [0.3, 0.4) is 0 Å². The van der Waals surface area contributed by atoms with Crippen LogP contribution in [0.15, 0.2) is 65.7 Å². The summed E-state index contributed by atoms with van der Waals surface area (Å²) in [6.45, 7) is 3.76. The molecule has 0 saturated heterocycles. The number of fused-ring (bicyclic) bond motifs is 1. The molecule has 0 atom stereocenters. The Morgan fingerprint density at radius 1 is 0.967 bits per heavy atom. The standard InChI is InChI=1S/C22H19N3O4S/c1-14-5-6-15(2)19(12-14)24-30(28,29)17-9-7-16(8-10-17)13-25-21(26)18-4-3-11-23-20(18)22(25)27/h3-12,24H,13H2,1-2H3. The minimum Gasteiger partial charge on any atom is -0.279 e. The van der Waals surface area contributed by atoms with Crippen molar-refractivity contribution in [2.75, 3.05) is 4.72 Å². The highest BCUT2D eigenvalue weighted by Crippen LogP contribution is 2.24. The van der Waals surface area contributed by atoms with E-state index in [1.54, 1.807) is 30.3 Å². The third-order valence-electron chi connectivity index (χ3n) is 4.94. The van der Waals surface area contributed by atoms with Crippen LogP contribution >= 0.6 is 0 Å². The molecule has 0 saturated carbocycles. The Kier molecular flexibility index (Phi) is 4.87. The van der Waals surface area contributed by atoms with Crippen molar-refractivity contribution in [3.63, 3.8) is 0 Å². The number of hydrogen-bond acceptors (Lipinski definition) is 5. The highest BCUT2D eigenvalue weighted by molar-refractivity contribution is 7.92. The molecule has 8 heteroatoms. The van der Waals surface area contributed by atoms with Crippen molar-refractivity contribution < 1.29 is 18.0 Å². The SMILES string of the molecule is Cc1ccc(C)c(NS(=O)(=O)c2ccc(CN3C(=O)c4cccnc4C3=O)cc2)c1. The van der Waals surface area contributed by atoms with E-state index >= 15 is 0 Å². The molecule has 30 heavy (non-hydrogen) atoms. The van der Waals surface area contributed by atoms with E-state index in [1.165, 1.54) is 18.3 Å². The molecule has 0 radical (unpaired) electrons. The average molecular weight is 421 g/mol. The fourth-order valence-corrected chi connectivity index (χ4v) is 4.39. The lowest BCUT2D eigenvalue weighted by molar-refractivity contribution is 0.0640. The predicted molar refractivity (Wildman–Crippen MR) is 112 cm³/mol. The Morgan fingerprint density at radius 2 is 1.70 bits per heavy atom. The van der Waals surface area contributed by atoms with Crippen molar-refractivity contribution in [2.45, 2.75) is 25.3 Å². The normalized spacial score (nSPS) is 13.5. The number of anilines is 1. The van der Waals surface area contributed by atoms with Crippen LogP contribution in [0.4, 0.5) is 5.69 Å². The van der Waals surface area contributed by atoms with Crippen LogP contribution in [0.5, 0.6) is 0 Å². The molecule has 0 aliphatic carbocycles. The van der Waals surface area contributed by atoms with E-state index in [-0.39, 0.29) is 22.7 Å². The van der Waals surface area contributed by atoms with E-state index in [0.29, 0.717) is 11.3 Å². The van der Waals surface area contributed by atoms with Crippen molar-refractivity contribution in [3.8, 4) is 0 Å². The van der Waals surface area contributed by atoms with Gasteiger partial charge in [0.1, 0.15) is 5.69 Å². The van der Waals surface area contributed by atoms with Crippen LogP contribution < -0.4 is 4.72 Å². The molecule has 1 aliphatic heterocycles. The van der Waals surface area contributed by atoms with Gasteiger partial charge in [0.15, 0.2) is 0 Å². The predicted octanol–water partition coefficient (Wildman–Crippen LogP) is 3.30. The monoisotopic (exact) mass is 421 g/mol. The number of nitrogens with zero attached hydrogens (tertiary/aromatic N) is 2. The fraction of sp³-hybridized carbons (Fsp3) is 0.136. The molecule has 2 amide bonds. The van der Waals surface area contributed by atoms with Gasteiger partial charge in [0.2, 0.25) is 0 Å². The Balaban J connectivity index is 1.53. The molecule has 1 aromatic heterocycles. The zero-order valence-electron chi connectivity index (χ0n) is 16.4. The molecule has 0 fully saturated rings. The Labute approximate surface area is 174 Å². The maximum atomic E-state index is 12.7. The smallest absolute Gasteiger partial charge is 0.279 e. The van der Waals surface area contributed by atoms with Gasteiger partial charge in [0.05, 0.1) is 22.7 Å². The zero-order chi connectivity index (χ0) is 21.5. The largest absolute Gasteiger partial charge is 0.280 e. The molecule has 4 rings (SSSR count). The second-order valence-corrected chi connectivity index (χ2v) is 8.85. The number of carbonyl (C=O) groups is 2. The first-order valence-electron chi connectivity index (χ1n) is 9.26. The number of sulfonamides is 1. The van der Waals surface area contributed by atoms with Crippen LogP contribution in [0.1, 0.15) is 37.5 Å². The molecule has 7 nitrogen and oxygen atoms in total. The van der Waals surface area contributed by atoms with Gasteiger partial charge in [-0.05, 0) is 60.9 Å². The minimum atomic E-state index is -3.77. The number of rotatable bonds is 5. The van der Waals surface area contributed by atoms with Crippen LogP contribution in [0, 0.1) is 13.8 Å². The Morgan fingerprint density at radius 3 is 2.40 bits per heavy atom. The maximum Gasteiger partial charge on any atom is 0.280 e. The number of carbonyl (C=O) groups excluding carboxylic acids is 2. The van der Waals surface area contributed by atoms with Crippen LogP contribution in [0.25, 0.3) is 0 Å². The summed E-state index contributed by atoms with van der Waals surface area (Å²) in [5, 5.41) is 0. The van der Waals surface area contributed by atoms with Gasteiger partial charge in [-0.25, -0.2) is 8.42 Å². The van der Waals surface area contributed by atoms with E-state index in [9.17, 15) is 18.0 Å². The van der Waals surface area contributed by atoms with E-state index < -0.39 is 21.8 Å². The molecular weight excluding hydrogens is 402 g/mol. The van der Waals surface area contributed by atoms with Gasteiger partial charge < -0.3 is 0 Å². The molecular formula is C22H19N3O4S. The summed E-state index contributed by atoms with van der Waals surface area (Å²) in [6.07, 6.45) is 1.47. The maximum absolute atomic E-state index is 12.7. The van der Waals surface area contributed by atoms with Crippen LogP contribution in [0.2, 0.25) is 0 Å². The third kappa shape index (κ3) is 3.57.